The highest BCUT2D eigenvalue weighted by Gasteiger charge is 2.26. The first-order valence-electron chi connectivity index (χ1n) is 7.49. The normalized spacial score (nSPS) is 21.4. The first kappa shape index (κ1) is 13.9. The molecule has 0 aromatic carbocycles. The molecule has 0 aliphatic carbocycles. The summed E-state index contributed by atoms with van der Waals surface area (Å²) >= 11 is 0. The maximum absolute atomic E-state index is 12.0. The van der Waals surface area contributed by atoms with E-state index < -0.39 is 0 Å². The first-order valence-corrected chi connectivity index (χ1v) is 7.49. The molecule has 0 bridgehead atoms. The summed E-state index contributed by atoms with van der Waals surface area (Å²) < 4.78 is 0. The van der Waals surface area contributed by atoms with Crippen LogP contribution in [0.15, 0.2) is 18.3 Å². The number of anilines is 1. The minimum Gasteiger partial charge on any atom is -0.357 e. The average Bonchev–Trinajstić information content (AvgIpc) is 3.16. The molecule has 6 nitrogen and oxygen atoms in total. The number of carbonyl (C=O) groups excluding carboxylic acids is 2. The third kappa shape index (κ3) is 3.32. The van der Waals surface area contributed by atoms with Gasteiger partial charge in [0.15, 0.2) is 0 Å². The number of amides is 2. The summed E-state index contributed by atoms with van der Waals surface area (Å²) in [5.41, 5.74) is 1.03. The highest BCUT2D eigenvalue weighted by Crippen LogP contribution is 2.18. The van der Waals surface area contributed by atoms with E-state index in [0.29, 0.717) is 19.4 Å². The molecule has 0 spiro atoms. The van der Waals surface area contributed by atoms with Gasteiger partial charge >= 0.3 is 0 Å². The van der Waals surface area contributed by atoms with Crippen LogP contribution in [0.5, 0.6) is 0 Å². The molecule has 1 aromatic rings. The molecule has 1 aromatic heterocycles. The fourth-order valence-corrected chi connectivity index (χ4v) is 2.81. The second kappa shape index (κ2) is 6.11. The zero-order chi connectivity index (χ0) is 14.7. The molecule has 1 unspecified atom stereocenters. The summed E-state index contributed by atoms with van der Waals surface area (Å²) in [6.45, 7) is 2.57. The number of hydrogen-bond donors (Lipinski definition) is 2. The largest absolute Gasteiger partial charge is 0.357 e. The third-order valence-corrected chi connectivity index (χ3v) is 4.02. The predicted octanol–water partition coefficient (Wildman–Crippen LogP) is 0.577. The van der Waals surface area contributed by atoms with Gasteiger partial charge in [0.1, 0.15) is 11.9 Å². The molecule has 2 amide bonds. The Hall–Kier alpha value is -2.11. The number of pyridine rings is 1. The zero-order valence-corrected chi connectivity index (χ0v) is 12.0. The Labute approximate surface area is 123 Å². The van der Waals surface area contributed by atoms with Gasteiger partial charge in [-0.05, 0) is 37.0 Å². The van der Waals surface area contributed by atoms with Crippen LogP contribution >= 0.6 is 0 Å². The van der Waals surface area contributed by atoms with E-state index in [1.807, 2.05) is 12.1 Å². The maximum atomic E-state index is 12.0. The lowest BCUT2D eigenvalue weighted by Crippen LogP contribution is -2.41. The van der Waals surface area contributed by atoms with E-state index in [1.165, 1.54) is 12.8 Å². The number of nitrogens with zero attached hydrogens (tertiary/aromatic N) is 2. The van der Waals surface area contributed by atoms with Gasteiger partial charge in [-0.1, -0.05) is 0 Å². The van der Waals surface area contributed by atoms with Crippen LogP contribution in [-0.4, -0.2) is 35.9 Å². The molecular weight excluding hydrogens is 268 g/mol. The van der Waals surface area contributed by atoms with Crippen molar-refractivity contribution < 1.29 is 9.59 Å². The fourth-order valence-electron chi connectivity index (χ4n) is 2.81. The van der Waals surface area contributed by atoms with Gasteiger partial charge in [-0.3, -0.25) is 9.59 Å². The van der Waals surface area contributed by atoms with E-state index in [-0.39, 0.29) is 17.9 Å². The molecule has 3 heterocycles. The summed E-state index contributed by atoms with van der Waals surface area (Å²) in [7, 11) is 0. The van der Waals surface area contributed by atoms with Gasteiger partial charge < -0.3 is 15.5 Å². The number of hydrogen-bond acceptors (Lipinski definition) is 4. The van der Waals surface area contributed by atoms with Crippen molar-refractivity contribution in [3.8, 4) is 0 Å². The minimum absolute atomic E-state index is 0.0459. The Morgan fingerprint density at radius 1 is 1.43 bits per heavy atom. The SMILES string of the molecule is O=C1CCC(C(=O)NCc2ccnc(N3CCCC3)c2)N1. The number of aromatic nitrogens is 1. The van der Waals surface area contributed by atoms with Crippen molar-refractivity contribution in [1.82, 2.24) is 15.6 Å². The van der Waals surface area contributed by atoms with Crippen LogP contribution in [0.2, 0.25) is 0 Å². The molecule has 2 N–H and O–H groups in total. The quantitative estimate of drug-likeness (QED) is 0.850. The van der Waals surface area contributed by atoms with Crippen LogP contribution in [0.3, 0.4) is 0 Å². The van der Waals surface area contributed by atoms with Crippen molar-refractivity contribution in [1.29, 1.82) is 0 Å². The Morgan fingerprint density at radius 2 is 2.24 bits per heavy atom. The topological polar surface area (TPSA) is 74.3 Å². The van der Waals surface area contributed by atoms with E-state index in [9.17, 15) is 9.59 Å². The monoisotopic (exact) mass is 288 g/mol. The van der Waals surface area contributed by atoms with Crippen molar-refractivity contribution in [2.75, 3.05) is 18.0 Å². The number of carbonyl (C=O) groups is 2. The maximum Gasteiger partial charge on any atom is 0.242 e. The molecule has 1 atom stereocenters. The van der Waals surface area contributed by atoms with Crippen LogP contribution in [0.1, 0.15) is 31.2 Å². The van der Waals surface area contributed by atoms with E-state index >= 15 is 0 Å². The van der Waals surface area contributed by atoms with Crippen LogP contribution in [0.4, 0.5) is 5.82 Å². The summed E-state index contributed by atoms with van der Waals surface area (Å²) in [6, 6.07) is 3.56. The fraction of sp³-hybridized carbons (Fsp3) is 0.533. The smallest absolute Gasteiger partial charge is 0.242 e. The van der Waals surface area contributed by atoms with Gasteiger partial charge in [0.2, 0.25) is 11.8 Å². The van der Waals surface area contributed by atoms with Crippen molar-refractivity contribution in [3.05, 3.63) is 23.9 Å². The Kier molecular flexibility index (Phi) is 4.03. The summed E-state index contributed by atoms with van der Waals surface area (Å²) in [5.74, 6) is 0.823. The molecule has 2 aliphatic rings. The number of rotatable bonds is 4. The minimum atomic E-state index is -0.377. The third-order valence-electron chi connectivity index (χ3n) is 4.02. The molecular formula is C15H20N4O2. The van der Waals surface area contributed by atoms with Gasteiger partial charge in [0, 0.05) is 32.3 Å². The van der Waals surface area contributed by atoms with Crippen LogP contribution in [0.25, 0.3) is 0 Å². The van der Waals surface area contributed by atoms with Crippen molar-refractivity contribution in [2.24, 2.45) is 0 Å². The lowest BCUT2D eigenvalue weighted by Gasteiger charge is -2.17. The van der Waals surface area contributed by atoms with Gasteiger partial charge in [-0.25, -0.2) is 4.98 Å². The van der Waals surface area contributed by atoms with E-state index in [4.69, 9.17) is 0 Å². The van der Waals surface area contributed by atoms with Crippen LogP contribution in [0, 0.1) is 0 Å². The molecule has 0 radical (unpaired) electrons. The summed E-state index contributed by atoms with van der Waals surface area (Å²) in [6.07, 6.45) is 5.23. The molecule has 2 saturated heterocycles. The van der Waals surface area contributed by atoms with Crippen molar-refractivity contribution >= 4 is 17.6 Å². The Bertz CT molecular complexity index is 540. The predicted molar refractivity (Wildman–Crippen MR) is 78.7 cm³/mol. The Morgan fingerprint density at radius 3 is 2.95 bits per heavy atom. The molecule has 112 valence electrons. The lowest BCUT2D eigenvalue weighted by atomic mass is 10.2. The molecule has 2 fully saturated rings. The van der Waals surface area contributed by atoms with E-state index in [1.54, 1.807) is 6.20 Å². The number of nitrogens with one attached hydrogen (secondary N) is 2. The molecule has 2 aliphatic heterocycles. The van der Waals surface area contributed by atoms with Crippen molar-refractivity contribution in [3.63, 3.8) is 0 Å². The Balaban J connectivity index is 1.56. The highest BCUT2D eigenvalue weighted by molar-refractivity contribution is 5.90. The molecule has 3 rings (SSSR count). The standard InChI is InChI=1S/C15H20N4O2/c20-14-4-3-12(18-14)15(21)17-10-11-5-6-16-13(9-11)19-7-1-2-8-19/h5-6,9,12H,1-4,7-8,10H2,(H,17,21)(H,18,20). The van der Waals surface area contributed by atoms with Crippen LogP contribution in [-0.2, 0) is 16.1 Å². The summed E-state index contributed by atoms with van der Waals surface area (Å²) in [4.78, 5) is 29.7. The second-order valence-electron chi connectivity index (χ2n) is 5.59. The lowest BCUT2D eigenvalue weighted by molar-refractivity contribution is -0.125. The molecule has 21 heavy (non-hydrogen) atoms. The average molecular weight is 288 g/mol. The van der Waals surface area contributed by atoms with E-state index in [0.717, 1.165) is 24.5 Å². The molecule has 6 heteroatoms. The van der Waals surface area contributed by atoms with E-state index in [2.05, 4.69) is 20.5 Å². The van der Waals surface area contributed by atoms with Gasteiger partial charge in [0.05, 0.1) is 0 Å². The highest BCUT2D eigenvalue weighted by atomic mass is 16.2. The van der Waals surface area contributed by atoms with Crippen molar-refractivity contribution in [2.45, 2.75) is 38.3 Å². The second-order valence-corrected chi connectivity index (χ2v) is 5.59. The van der Waals surface area contributed by atoms with Gasteiger partial charge in [-0.15, -0.1) is 0 Å². The van der Waals surface area contributed by atoms with Crippen LogP contribution < -0.4 is 15.5 Å². The molecule has 0 saturated carbocycles. The van der Waals surface area contributed by atoms with Gasteiger partial charge in [-0.2, -0.15) is 0 Å². The summed E-state index contributed by atoms with van der Waals surface area (Å²) in [5, 5.41) is 5.55. The van der Waals surface area contributed by atoms with Gasteiger partial charge in [0.25, 0.3) is 0 Å². The first-order chi connectivity index (χ1) is 10.2. The zero-order valence-electron chi connectivity index (χ0n) is 12.0.